The Morgan fingerprint density at radius 1 is 1.37 bits per heavy atom. The number of hydrogen-bond donors (Lipinski definition) is 2. The van der Waals surface area contributed by atoms with Gasteiger partial charge in [-0.2, -0.15) is 0 Å². The van der Waals surface area contributed by atoms with Crippen LogP contribution in [0, 0.1) is 0 Å². The van der Waals surface area contributed by atoms with Crippen molar-refractivity contribution in [3.05, 3.63) is 29.3 Å². The Bertz CT molecular complexity index is 469. The van der Waals surface area contributed by atoms with E-state index in [2.05, 4.69) is 42.7 Å². The van der Waals surface area contributed by atoms with Crippen LogP contribution in [0.3, 0.4) is 0 Å². The van der Waals surface area contributed by atoms with Gasteiger partial charge in [0.05, 0.1) is 0 Å². The van der Waals surface area contributed by atoms with Crippen molar-refractivity contribution in [2.45, 2.75) is 39.3 Å². The quantitative estimate of drug-likeness (QED) is 0.793. The molecule has 0 bridgehead atoms. The summed E-state index contributed by atoms with van der Waals surface area (Å²) in [6, 6.07) is 6.34. The summed E-state index contributed by atoms with van der Waals surface area (Å²) in [5, 5.41) is 6.08. The molecule has 4 heteroatoms. The van der Waals surface area contributed by atoms with Crippen LogP contribution < -0.4 is 15.4 Å². The highest BCUT2D eigenvalue weighted by Gasteiger charge is 2.29. The van der Waals surface area contributed by atoms with Crippen molar-refractivity contribution in [3.8, 4) is 5.75 Å². The molecule has 1 amide bonds. The van der Waals surface area contributed by atoms with Crippen LogP contribution >= 0.6 is 0 Å². The number of carbonyl (C=O) groups excluding carboxylic acids is 1. The van der Waals surface area contributed by atoms with Gasteiger partial charge in [0.15, 0.2) is 0 Å². The lowest BCUT2D eigenvalue weighted by Gasteiger charge is -2.16. The first-order valence-electron chi connectivity index (χ1n) is 6.72. The maximum Gasteiger partial charge on any atom is 0.216 e. The fourth-order valence-corrected chi connectivity index (χ4v) is 2.33. The second-order valence-electron chi connectivity index (χ2n) is 5.64. The number of carbonyl (C=O) groups is 1. The molecule has 1 aliphatic heterocycles. The van der Waals surface area contributed by atoms with E-state index >= 15 is 0 Å². The lowest BCUT2D eigenvalue weighted by molar-refractivity contribution is -0.118. The van der Waals surface area contributed by atoms with Gasteiger partial charge >= 0.3 is 0 Å². The third-order valence-corrected chi connectivity index (χ3v) is 3.13. The minimum atomic E-state index is -0.0835. The first kappa shape index (κ1) is 13.9. The average molecular weight is 262 g/mol. The molecule has 0 aromatic heterocycles. The zero-order valence-electron chi connectivity index (χ0n) is 11.9. The molecule has 2 N–H and O–H groups in total. The zero-order chi connectivity index (χ0) is 13.9. The third kappa shape index (κ3) is 3.96. The van der Waals surface area contributed by atoms with Crippen LogP contribution in [0.1, 0.15) is 31.9 Å². The summed E-state index contributed by atoms with van der Waals surface area (Å²) in [5.74, 6) is 1.02. The van der Waals surface area contributed by atoms with E-state index in [1.54, 1.807) is 0 Å². The minimum Gasteiger partial charge on any atom is -0.487 e. The molecule has 104 valence electrons. The SMILES string of the molecule is CC(=O)NCCNCc1ccc2c(c1)CC(C)(C)O2. The van der Waals surface area contributed by atoms with E-state index in [9.17, 15) is 4.79 Å². The van der Waals surface area contributed by atoms with Crippen molar-refractivity contribution in [2.75, 3.05) is 13.1 Å². The molecular formula is C15H22N2O2. The molecule has 4 nitrogen and oxygen atoms in total. The number of hydrogen-bond acceptors (Lipinski definition) is 3. The van der Waals surface area contributed by atoms with E-state index in [0.717, 1.165) is 25.3 Å². The minimum absolute atomic E-state index is 0.0127. The van der Waals surface area contributed by atoms with Gasteiger partial charge in [0.2, 0.25) is 5.91 Å². The van der Waals surface area contributed by atoms with Crippen LogP contribution in [0.25, 0.3) is 0 Å². The average Bonchev–Trinajstić information content (AvgIpc) is 2.61. The van der Waals surface area contributed by atoms with Gasteiger partial charge < -0.3 is 15.4 Å². The van der Waals surface area contributed by atoms with Gasteiger partial charge in [-0.3, -0.25) is 4.79 Å². The summed E-state index contributed by atoms with van der Waals surface area (Å²) in [6.07, 6.45) is 0.960. The van der Waals surface area contributed by atoms with Gasteiger partial charge in [0.25, 0.3) is 0 Å². The standard InChI is InChI=1S/C15H22N2O2/c1-11(18)17-7-6-16-10-12-4-5-14-13(8-12)9-15(2,3)19-14/h4-5,8,16H,6-7,9-10H2,1-3H3,(H,17,18). The molecule has 0 saturated heterocycles. The Labute approximate surface area is 114 Å². The Hall–Kier alpha value is -1.55. The van der Waals surface area contributed by atoms with Crippen molar-refractivity contribution in [1.29, 1.82) is 0 Å². The van der Waals surface area contributed by atoms with E-state index in [0.29, 0.717) is 6.54 Å². The second kappa shape index (κ2) is 5.61. The number of ether oxygens (including phenoxy) is 1. The molecule has 0 unspecified atom stereocenters. The van der Waals surface area contributed by atoms with Crippen molar-refractivity contribution in [3.63, 3.8) is 0 Å². The highest BCUT2D eigenvalue weighted by Crippen LogP contribution is 2.35. The lowest BCUT2D eigenvalue weighted by Crippen LogP contribution is -2.29. The zero-order valence-corrected chi connectivity index (χ0v) is 11.9. The lowest BCUT2D eigenvalue weighted by atomic mass is 10.0. The summed E-state index contributed by atoms with van der Waals surface area (Å²) in [4.78, 5) is 10.7. The molecule has 1 heterocycles. The summed E-state index contributed by atoms with van der Waals surface area (Å²) in [6.45, 7) is 8.00. The van der Waals surface area contributed by atoms with Crippen LogP contribution in [0.2, 0.25) is 0 Å². The first-order chi connectivity index (χ1) is 8.96. The van der Waals surface area contributed by atoms with Crippen LogP contribution in [0.15, 0.2) is 18.2 Å². The fraction of sp³-hybridized carbons (Fsp3) is 0.533. The van der Waals surface area contributed by atoms with Crippen molar-refractivity contribution < 1.29 is 9.53 Å². The normalized spacial score (nSPS) is 15.7. The van der Waals surface area contributed by atoms with Crippen LogP contribution in [0.4, 0.5) is 0 Å². The van der Waals surface area contributed by atoms with Gasteiger partial charge in [-0.05, 0) is 31.0 Å². The molecule has 0 atom stereocenters. The molecule has 0 radical (unpaired) electrons. The van der Waals surface area contributed by atoms with Gasteiger partial charge in [0, 0.05) is 33.0 Å². The number of fused-ring (bicyclic) bond motifs is 1. The van der Waals surface area contributed by atoms with Crippen molar-refractivity contribution in [1.82, 2.24) is 10.6 Å². The van der Waals surface area contributed by atoms with E-state index in [-0.39, 0.29) is 11.5 Å². The smallest absolute Gasteiger partial charge is 0.216 e. The molecule has 0 spiro atoms. The van der Waals surface area contributed by atoms with Gasteiger partial charge in [-0.25, -0.2) is 0 Å². The topological polar surface area (TPSA) is 50.4 Å². The summed E-state index contributed by atoms with van der Waals surface area (Å²) in [7, 11) is 0. The maximum absolute atomic E-state index is 10.7. The van der Waals surface area contributed by atoms with Crippen LogP contribution in [0.5, 0.6) is 5.75 Å². The monoisotopic (exact) mass is 262 g/mol. The molecule has 1 aromatic carbocycles. The van der Waals surface area contributed by atoms with Crippen LogP contribution in [-0.2, 0) is 17.8 Å². The highest BCUT2D eigenvalue weighted by atomic mass is 16.5. The first-order valence-corrected chi connectivity index (χ1v) is 6.72. The Balaban J connectivity index is 1.82. The molecule has 19 heavy (non-hydrogen) atoms. The number of nitrogens with one attached hydrogen (secondary N) is 2. The number of amides is 1. The van der Waals surface area contributed by atoms with Gasteiger partial charge in [-0.15, -0.1) is 0 Å². The largest absolute Gasteiger partial charge is 0.487 e. The molecule has 2 rings (SSSR count). The van der Waals surface area contributed by atoms with Crippen molar-refractivity contribution >= 4 is 5.91 Å². The molecule has 0 fully saturated rings. The molecule has 0 aliphatic carbocycles. The van der Waals surface area contributed by atoms with E-state index in [1.165, 1.54) is 18.1 Å². The van der Waals surface area contributed by atoms with Crippen LogP contribution in [-0.4, -0.2) is 24.6 Å². The van der Waals surface area contributed by atoms with E-state index in [1.807, 2.05) is 0 Å². The van der Waals surface area contributed by atoms with Gasteiger partial charge in [-0.1, -0.05) is 12.1 Å². The Morgan fingerprint density at radius 3 is 2.89 bits per heavy atom. The van der Waals surface area contributed by atoms with Gasteiger partial charge in [0.1, 0.15) is 11.4 Å². The highest BCUT2D eigenvalue weighted by molar-refractivity contribution is 5.72. The predicted octanol–water partition coefficient (Wildman–Crippen LogP) is 1.63. The Morgan fingerprint density at radius 2 is 2.16 bits per heavy atom. The Kier molecular flexibility index (Phi) is 4.10. The second-order valence-corrected chi connectivity index (χ2v) is 5.64. The molecule has 1 aliphatic rings. The number of benzene rings is 1. The fourth-order valence-electron chi connectivity index (χ4n) is 2.33. The van der Waals surface area contributed by atoms with E-state index < -0.39 is 0 Å². The molecule has 1 aromatic rings. The number of rotatable bonds is 5. The van der Waals surface area contributed by atoms with Crippen molar-refractivity contribution in [2.24, 2.45) is 0 Å². The summed E-state index contributed by atoms with van der Waals surface area (Å²) >= 11 is 0. The summed E-state index contributed by atoms with van der Waals surface area (Å²) in [5.41, 5.74) is 2.45. The molecular weight excluding hydrogens is 240 g/mol. The third-order valence-electron chi connectivity index (χ3n) is 3.13. The molecule has 0 saturated carbocycles. The van der Waals surface area contributed by atoms with E-state index in [4.69, 9.17) is 4.74 Å². The summed E-state index contributed by atoms with van der Waals surface area (Å²) < 4.78 is 5.85. The maximum atomic E-state index is 10.7. The predicted molar refractivity (Wildman–Crippen MR) is 75.2 cm³/mol.